The molecule has 1 amide bonds. The molecule has 0 saturated carbocycles. The molecule has 2 aromatic rings. The van der Waals surface area contributed by atoms with Crippen LogP contribution in [0.1, 0.15) is 43.4 Å². The highest BCUT2D eigenvalue weighted by molar-refractivity contribution is 5.89. The summed E-state index contributed by atoms with van der Waals surface area (Å²) in [4.78, 5) is 11.4. The van der Waals surface area contributed by atoms with E-state index >= 15 is 0 Å². The minimum atomic E-state index is -0.0456. The highest BCUT2D eigenvalue weighted by Gasteiger charge is 2.39. The number of hydrogen-bond acceptors (Lipinski definition) is 3. The number of ether oxygens (including phenoxy) is 1. The van der Waals surface area contributed by atoms with Gasteiger partial charge in [-0.25, -0.2) is 0 Å². The third kappa shape index (κ3) is 2.96. The molecule has 0 aromatic heterocycles. The molecule has 1 heterocycles. The van der Waals surface area contributed by atoms with Crippen LogP contribution in [0.3, 0.4) is 0 Å². The number of para-hydroxylation sites is 1. The van der Waals surface area contributed by atoms with E-state index in [0.29, 0.717) is 18.4 Å². The summed E-state index contributed by atoms with van der Waals surface area (Å²) in [5.41, 5.74) is 4.44. The molecule has 4 nitrogen and oxygen atoms in total. The first-order chi connectivity index (χ1) is 12.7. The van der Waals surface area contributed by atoms with Crippen molar-refractivity contribution in [2.24, 2.45) is 5.92 Å². The van der Waals surface area contributed by atoms with Gasteiger partial charge in [0.15, 0.2) is 0 Å². The Morgan fingerprint density at radius 1 is 1.23 bits per heavy atom. The van der Waals surface area contributed by atoms with Gasteiger partial charge in [-0.1, -0.05) is 30.4 Å². The van der Waals surface area contributed by atoms with Gasteiger partial charge in [0, 0.05) is 29.8 Å². The summed E-state index contributed by atoms with van der Waals surface area (Å²) in [5.74, 6) is 1.70. The van der Waals surface area contributed by atoms with Crippen molar-refractivity contribution < 1.29 is 9.53 Å². The van der Waals surface area contributed by atoms with Gasteiger partial charge in [0.2, 0.25) is 5.91 Å². The number of allylic oxidation sites excluding steroid dienone is 2. The topological polar surface area (TPSA) is 50.4 Å². The molecule has 1 aliphatic carbocycles. The van der Waals surface area contributed by atoms with Crippen LogP contribution in [0.4, 0.5) is 11.4 Å². The predicted molar refractivity (Wildman–Crippen MR) is 105 cm³/mol. The number of amides is 1. The number of nitrogens with one attached hydrogen (secondary N) is 2. The zero-order valence-corrected chi connectivity index (χ0v) is 15.2. The van der Waals surface area contributed by atoms with Crippen LogP contribution in [-0.4, -0.2) is 12.5 Å². The van der Waals surface area contributed by atoms with E-state index in [2.05, 4.69) is 47.1 Å². The van der Waals surface area contributed by atoms with Crippen molar-refractivity contribution >= 4 is 17.3 Å². The van der Waals surface area contributed by atoms with E-state index in [1.54, 1.807) is 0 Å². The van der Waals surface area contributed by atoms with Gasteiger partial charge < -0.3 is 15.4 Å². The van der Waals surface area contributed by atoms with Crippen molar-refractivity contribution in [3.05, 3.63) is 65.7 Å². The Labute approximate surface area is 154 Å². The number of rotatable bonds is 4. The predicted octanol–water partition coefficient (Wildman–Crippen LogP) is 4.87. The van der Waals surface area contributed by atoms with Crippen LogP contribution in [0.2, 0.25) is 0 Å². The number of carbonyl (C=O) groups excluding carboxylic acids is 1. The van der Waals surface area contributed by atoms with Crippen LogP contribution in [-0.2, 0) is 4.79 Å². The van der Waals surface area contributed by atoms with Gasteiger partial charge in [0.05, 0.1) is 12.6 Å². The molecule has 3 unspecified atom stereocenters. The summed E-state index contributed by atoms with van der Waals surface area (Å²) < 4.78 is 5.88. The summed E-state index contributed by atoms with van der Waals surface area (Å²) >= 11 is 0. The maximum Gasteiger partial charge on any atom is 0.221 e. The Bertz CT molecular complexity index is 859. The van der Waals surface area contributed by atoms with Crippen LogP contribution in [0.25, 0.3) is 0 Å². The van der Waals surface area contributed by atoms with E-state index in [0.717, 1.165) is 23.5 Å². The maximum absolute atomic E-state index is 11.4. The largest absolute Gasteiger partial charge is 0.494 e. The molecule has 0 bridgehead atoms. The minimum Gasteiger partial charge on any atom is -0.494 e. The normalized spacial score (nSPS) is 22.9. The highest BCUT2D eigenvalue weighted by atomic mass is 16.5. The SMILES string of the molecule is CCOc1ccccc1C1Nc2ccc(NC(C)=O)cc2C2C=CCC21. The van der Waals surface area contributed by atoms with E-state index < -0.39 is 0 Å². The molecule has 2 aliphatic rings. The molecule has 3 atom stereocenters. The molecule has 4 rings (SSSR count). The molecule has 0 spiro atoms. The summed E-state index contributed by atoms with van der Waals surface area (Å²) in [5, 5.41) is 6.62. The highest BCUT2D eigenvalue weighted by Crippen LogP contribution is 2.51. The van der Waals surface area contributed by atoms with Crippen molar-refractivity contribution in [2.75, 3.05) is 17.2 Å². The van der Waals surface area contributed by atoms with Crippen LogP contribution in [0, 0.1) is 5.92 Å². The fourth-order valence-electron chi connectivity index (χ4n) is 4.21. The molecule has 134 valence electrons. The maximum atomic E-state index is 11.4. The first-order valence-corrected chi connectivity index (χ1v) is 9.24. The Morgan fingerprint density at radius 3 is 2.88 bits per heavy atom. The van der Waals surface area contributed by atoms with E-state index in [1.165, 1.54) is 18.1 Å². The molecule has 0 fully saturated rings. The molecule has 4 heteroatoms. The third-order valence-corrected chi connectivity index (χ3v) is 5.24. The van der Waals surface area contributed by atoms with Gasteiger partial charge in [0.25, 0.3) is 0 Å². The molecular formula is C22H24N2O2. The molecule has 0 saturated heterocycles. The van der Waals surface area contributed by atoms with E-state index in [1.807, 2.05) is 25.1 Å². The van der Waals surface area contributed by atoms with Crippen LogP contribution < -0.4 is 15.4 Å². The van der Waals surface area contributed by atoms with Crippen molar-refractivity contribution in [1.82, 2.24) is 0 Å². The van der Waals surface area contributed by atoms with E-state index in [-0.39, 0.29) is 11.9 Å². The quantitative estimate of drug-likeness (QED) is 0.775. The van der Waals surface area contributed by atoms with E-state index in [4.69, 9.17) is 4.74 Å². The molecule has 2 aromatic carbocycles. The summed E-state index contributed by atoms with van der Waals surface area (Å²) in [6.07, 6.45) is 5.61. The second kappa shape index (κ2) is 6.87. The Morgan fingerprint density at radius 2 is 2.08 bits per heavy atom. The number of hydrogen-bond donors (Lipinski definition) is 2. The molecule has 26 heavy (non-hydrogen) atoms. The molecule has 0 radical (unpaired) electrons. The second-order valence-corrected chi connectivity index (χ2v) is 6.93. The van der Waals surface area contributed by atoms with Crippen molar-refractivity contribution in [2.45, 2.75) is 32.2 Å². The monoisotopic (exact) mass is 348 g/mol. The van der Waals surface area contributed by atoms with Crippen molar-refractivity contribution in [3.8, 4) is 5.75 Å². The number of fused-ring (bicyclic) bond motifs is 3. The summed E-state index contributed by atoms with van der Waals surface area (Å²) in [6.45, 7) is 4.22. The average Bonchev–Trinajstić information content (AvgIpc) is 3.12. The van der Waals surface area contributed by atoms with Gasteiger partial charge in [-0.2, -0.15) is 0 Å². The van der Waals surface area contributed by atoms with Gasteiger partial charge in [-0.05, 0) is 49.1 Å². The van der Waals surface area contributed by atoms with Gasteiger partial charge in [-0.3, -0.25) is 4.79 Å². The molecule has 2 N–H and O–H groups in total. The zero-order chi connectivity index (χ0) is 18.1. The number of benzene rings is 2. The fraction of sp³-hybridized carbons (Fsp3) is 0.318. The van der Waals surface area contributed by atoms with Crippen LogP contribution in [0.15, 0.2) is 54.6 Å². The van der Waals surface area contributed by atoms with E-state index in [9.17, 15) is 4.79 Å². The first-order valence-electron chi connectivity index (χ1n) is 9.24. The lowest BCUT2D eigenvalue weighted by Crippen LogP contribution is -2.29. The standard InChI is InChI=1S/C22H24N2O2/c1-3-26-21-10-5-4-7-18(21)22-17-9-6-8-16(17)19-13-15(23-14(2)25)11-12-20(19)24-22/h4-8,10-13,16-17,22,24H,3,9H2,1-2H3,(H,23,25). The lowest BCUT2D eigenvalue weighted by atomic mass is 9.76. The number of carbonyl (C=O) groups is 1. The van der Waals surface area contributed by atoms with Crippen LogP contribution in [0.5, 0.6) is 5.75 Å². The number of anilines is 2. The van der Waals surface area contributed by atoms with Gasteiger partial charge in [-0.15, -0.1) is 0 Å². The first kappa shape index (κ1) is 16.7. The smallest absolute Gasteiger partial charge is 0.221 e. The Hall–Kier alpha value is -2.75. The molecular weight excluding hydrogens is 324 g/mol. The average molecular weight is 348 g/mol. The van der Waals surface area contributed by atoms with Crippen LogP contribution >= 0.6 is 0 Å². The summed E-state index contributed by atoms with van der Waals surface area (Å²) in [7, 11) is 0. The lowest BCUT2D eigenvalue weighted by molar-refractivity contribution is -0.114. The fourth-order valence-corrected chi connectivity index (χ4v) is 4.21. The van der Waals surface area contributed by atoms with Gasteiger partial charge >= 0.3 is 0 Å². The Balaban J connectivity index is 1.73. The van der Waals surface area contributed by atoms with Crippen molar-refractivity contribution in [1.29, 1.82) is 0 Å². The zero-order valence-electron chi connectivity index (χ0n) is 15.2. The summed E-state index contributed by atoms with van der Waals surface area (Å²) in [6, 6.07) is 14.6. The second-order valence-electron chi connectivity index (χ2n) is 6.93. The van der Waals surface area contributed by atoms with Gasteiger partial charge in [0.1, 0.15) is 5.75 Å². The third-order valence-electron chi connectivity index (χ3n) is 5.24. The Kier molecular flexibility index (Phi) is 4.41. The molecule has 1 aliphatic heterocycles. The van der Waals surface area contributed by atoms with Crippen molar-refractivity contribution in [3.63, 3.8) is 0 Å². The lowest BCUT2D eigenvalue weighted by Gasteiger charge is -2.38. The minimum absolute atomic E-state index is 0.0456.